The van der Waals surface area contributed by atoms with Crippen LogP contribution in [0.2, 0.25) is 0 Å². The molecule has 5 aromatic rings. The van der Waals surface area contributed by atoms with Crippen LogP contribution in [0.25, 0.3) is 43.9 Å². The molecule has 0 spiro atoms. The second-order valence-electron chi connectivity index (χ2n) is 10.6. The molecular formula is C32H30F2N6O3S. The molecule has 0 fully saturated rings. The number of fused-ring (bicyclic) bond motifs is 2. The summed E-state index contributed by atoms with van der Waals surface area (Å²) in [5, 5.41) is 17.0. The van der Waals surface area contributed by atoms with E-state index in [2.05, 4.69) is 11.6 Å². The highest BCUT2D eigenvalue weighted by Crippen LogP contribution is 2.47. The lowest BCUT2D eigenvalue weighted by atomic mass is 9.96. The van der Waals surface area contributed by atoms with Crippen molar-refractivity contribution >= 4 is 33.1 Å². The second-order valence-corrected chi connectivity index (χ2v) is 11.5. The van der Waals surface area contributed by atoms with E-state index in [4.69, 9.17) is 14.8 Å². The van der Waals surface area contributed by atoms with Crippen LogP contribution in [0.15, 0.2) is 60.6 Å². The van der Waals surface area contributed by atoms with Crippen molar-refractivity contribution in [3.05, 3.63) is 78.0 Å². The van der Waals surface area contributed by atoms with E-state index in [1.54, 1.807) is 11.1 Å². The number of carbonyl (C=O) groups excluding carboxylic acids is 1. The van der Waals surface area contributed by atoms with Crippen molar-refractivity contribution in [2.45, 2.75) is 19.5 Å². The van der Waals surface area contributed by atoms with Crippen molar-refractivity contribution in [2.24, 2.45) is 0 Å². The lowest BCUT2D eigenvalue weighted by Gasteiger charge is -2.33. The van der Waals surface area contributed by atoms with Crippen molar-refractivity contribution < 1.29 is 23.4 Å². The summed E-state index contributed by atoms with van der Waals surface area (Å²) < 4.78 is 38.5. The van der Waals surface area contributed by atoms with Crippen molar-refractivity contribution in [1.29, 1.82) is 0 Å². The molecule has 12 heteroatoms. The van der Waals surface area contributed by atoms with E-state index >= 15 is 4.39 Å². The van der Waals surface area contributed by atoms with Crippen molar-refractivity contribution in [2.75, 3.05) is 38.8 Å². The van der Waals surface area contributed by atoms with Gasteiger partial charge in [-0.25, -0.2) is 18.7 Å². The molecule has 1 N–H and O–H groups in total. The fourth-order valence-corrected chi connectivity index (χ4v) is 6.50. The van der Waals surface area contributed by atoms with E-state index in [1.165, 1.54) is 17.4 Å². The van der Waals surface area contributed by atoms with E-state index in [0.29, 0.717) is 40.4 Å². The summed E-state index contributed by atoms with van der Waals surface area (Å²) in [4.78, 5) is 25.8. The Balaban J connectivity index is 1.63. The molecule has 5 heterocycles. The van der Waals surface area contributed by atoms with Crippen LogP contribution in [0.1, 0.15) is 18.7 Å². The van der Waals surface area contributed by atoms with Gasteiger partial charge in [0.15, 0.2) is 0 Å². The summed E-state index contributed by atoms with van der Waals surface area (Å²) in [6.07, 6.45) is 3.03. The average Bonchev–Trinajstić information content (AvgIpc) is 3.68. The van der Waals surface area contributed by atoms with Gasteiger partial charge in [0.05, 0.1) is 36.1 Å². The molecule has 0 saturated carbocycles. The smallest absolute Gasteiger partial charge is 0.246 e. The number of nitrogens with zero attached hydrogens (tertiary/aromatic N) is 6. The van der Waals surface area contributed by atoms with Gasteiger partial charge in [0.2, 0.25) is 5.91 Å². The van der Waals surface area contributed by atoms with E-state index < -0.39 is 11.6 Å². The molecule has 0 radical (unpaired) electrons. The summed E-state index contributed by atoms with van der Waals surface area (Å²) in [6, 6.07) is 9.20. The van der Waals surface area contributed by atoms with Gasteiger partial charge in [-0.15, -0.1) is 11.3 Å². The zero-order chi connectivity index (χ0) is 31.1. The number of anilines is 1. The fraction of sp³-hybridized carbons (Fsp3) is 0.250. The lowest BCUT2D eigenvalue weighted by Crippen LogP contribution is -2.40. The van der Waals surface area contributed by atoms with E-state index in [-0.39, 0.29) is 36.5 Å². The Morgan fingerprint density at radius 2 is 2.00 bits per heavy atom. The van der Waals surface area contributed by atoms with Gasteiger partial charge in [0.1, 0.15) is 41.2 Å². The minimum absolute atomic E-state index is 0.0184. The number of carbonyl (C=O) groups is 1. The van der Waals surface area contributed by atoms with Crippen LogP contribution in [0, 0.1) is 11.6 Å². The Morgan fingerprint density at radius 1 is 1.18 bits per heavy atom. The van der Waals surface area contributed by atoms with Crippen LogP contribution >= 0.6 is 11.3 Å². The highest BCUT2D eigenvalue weighted by Gasteiger charge is 2.31. The number of pyridine rings is 2. The number of hydrogen-bond acceptors (Lipinski definition) is 8. The maximum atomic E-state index is 15.9. The summed E-state index contributed by atoms with van der Waals surface area (Å²) in [5.41, 5.74) is 3.40. The number of aliphatic hydroxyl groups excluding tert-OH is 1. The molecule has 0 aliphatic carbocycles. The van der Waals surface area contributed by atoms with Gasteiger partial charge in [-0.05, 0) is 42.6 Å². The third-order valence-electron chi connectivity index (χ3n) is 7.66. The normalized spacial score (nSPS) is 14.5. The molecule has 226 valence electrons. The first-order valence-corrected chi connectivity index (χ1v) is 14.9. The minimum Gasteiger partial charge on any atom is -0.490 e. The monoisotopic (exact) mass is 616 g/mol. The number of halogens is 2. The standard InChI is InChI=1S/C32H30F2N6O3S/c1-5-27(42)39-9-10-40-24(18(39)2)16-23(37-40)31-29(28-22(34)14-20(33)15-25(28)43-12-11-41)32-21(8-13-44-32)30(36-31)19-6-7-26(35-17-19)38(3)4/h5-8,13-18,41H,1,9-12H2,2-4H3/t18-/m0/s1. The third-order valence-corrected chi connectivity index (χ3v) is 8.60. The Labute approximate surface area is 256 Å². The van der Waals surface area contributed by atoms with E-state index in [0.717, 1.165) is 34.6 Å². The Kier molecular flexibility index (Phi) is 7.87. The molecule has 4 aromatic heterocycles. The summed E-state index contributed by atoms with van der Waals surface area (Å²) >= 11 is 1.39. The predicted octanol–water partition coefficient (Wildman–Crippen LogP) is 5.69. The van der Waals surface area contributed by atoms with Crippen molar-refractivity contribution in [3.63, 3.8) is 0 Å². The molecule has 9 nitrogen and oxygen atoms in total. The van der Waals surface area contributed by atoms with Crippen LogP contribution in [0.3, 0.4) is 0 Å². The van der Waals surface area contributed by atoms with Gasteiger partial charge in [0, 0.05) is 60.2 Å². The fourth-order valence-electron chi connectivity index (χ4n) is 5.55. The minimum atomic E-state index is -0.833. The van der Waals surface area contributed by atoms with Crippen molar-refractivity contribution in [1.82, 2.24) is 24.6 Å². The third kappa shape index (κ3) is 5.09. The van der Waals surface area contributed by atoms with Gasteiger partial charge < -0.3 is 19.6 Å². The highest BCUT2D eigenvalue weighted by molar-refractivity contribution is 7.18. The summed E-state index contributed by atoms with van der Waals surface area (Å²) in [5.74, 6) is -1.10. The number of aliphatic hydroxyl groups is 1. The van der Waals surface area contributed by atoms with E-state index in [1.807, 2.05) is 60.2 Å². The molecular weight excluding hydrogens is 586 g/mol. The average molecular weight is 617 g/mol. The Bertz CT molecular complexity index is 1890. The molecule has 44 heavy (non-hydrogen) atoms. The number of thiophene rings is 1. The largest absolute Gasteiger partial charge is 0.490 e. The summed E-state index contributed by atoms with van der Waals surface area (Å²) in [6.45, 7) is 5.95. The van der Waals surface area contributed by atoms with Gasteiger partial charge in [-0.1, -0.05) is 6.58 Å². The van der Waals surface area contributed by atoms with Crippen LogP contribution in [-0.4, -0.2) is 69.5 Å². The molecule has 1 atom stereocenters. The number of aromatic nitrogens is 4. The molecule has 0 bridgehead atoms. The first-order valence-electron chi connectivity index (χ1n) is 14.0. The number of benzene rings is 1. The number of rotatable bonds is 8. The first kappa shape index (κ1) is 29.4. The zero-order valence-electron chi connectivity index (χ0n) is 24.4. The van der Waals surface area contributed by atoms with Crippen molar-refractivity contribution in [3.8, 4) is 39.5 Å². The molecule has 1 aromatic carbocycles. The zero-order valence-corrected chi connectivity index (χ0v) is 25.2. The van der Waals surface area contributed by atoms with Crippen LogP contribution in [0.5, 0.6) is 5.75 Å². The first-order chi connectivity index (χ1) is 21.2. The number of hydrogen-bond donors (Lipinski definition) is 1. The Morgan fingerprint density at radius 3 is 2.70 bits per heavy atom. The summed E-state index contributed by atoms with van der Waals surface area (Å²) in [7, 11) is 3.81. The number of ether oxygens (including phenoxy) is 1. The molecule has 1 aliphatic heterocycles. The van der Waals surface area contributed by atoms with Gasteiger partial charge in [-0.2, -0.15) is 5.10 Å². The topological polar surface area (TPSA) is 96.6 Å². The molecule has 1 amide bonds. The maximum Gasteiger partial charge on any atom is 0.246 e. The van der Waals surface area contributed by atoms with Gasteiger partial charge in [0.25, 0.3) is 0 Å². The number of amides is 1. The molecule has 6 rings (SSSR count). The Hall–Kier alpha value is -4.68. The highest BCUT2D eigenvalue weighted by atomic mass is 32.1. The maximum absolute atomic E-state index is 15.9. The quantitative estimate of drug-likeness (QED) is 0.224. The molecule has 1 aliphatic rings. The van der Waals surface area contributed by atoms with Crippen LogP contribution in [-0.2, 0) is 11.3 Å². The SMILES string of the molecule is C=CC(=O)N1CCn2nc(-c3nc(-c4ccc(N(C)C)nc4)c4ccsc4c3-c3c(F)cc(F)cc3OCCO)cc2[C@@H]1C. The lowest BCUT2D eigenvalue weighted by molar-refractivity contribution is -0.129. The van der Waals surface area contributed by atoms with Gasteiger partial charge in [-0.3, -0.25) is 9.48 Å². The van der Waals surface area contributed by atoms with Crippen LogP contribution < -0.4 is 9.64 Å². The predicted molar refractivity (Wildman–Crippen MR) is 167 cm³/mol. The van der Waals surface area contributed by atoms with E-state index in [9.17, 15) is 14.3 Å². The molecule has 0 unspecified atom stereocenters. The van der Waals surface area contributed by atoms with Crippen LogP contribution in [0.4, 0.5) is 14.6 Å². The van der Waals surface area contributed by atoms with Gasteiger partial charge >= 0.3 is 0 Å². The molecule has 0 saturated heterocycles. The second kappa shape index (κ2) is 11.8.